The van der Waals surface area contributed by atoms with E-state index in [0.29, 0.717) is 40.2 Å². The molecule has 0 aliphatic carbocycles. The number of hydrogen-bond donors (Lipinski definition) is 2. The van der Waals surface area contributed by atoms with Crippen LogP contribution in [0.2, 0.25) is 0 Å². The van der Waals surface area contributed by atoms with E-state index >= 15 is 0 Å². The molecule has 0 radical (unpaired) electrons. The lowest BCUT2D eigenvalue weighted by molar-refractivity contribution is -0.115. The number of nitrogens with zero attached hydrogens (tertiary/aromatic N) is 2. The van der Waals surface area contributed by atoms with Gasteiger partial charge in [0.15, 0.2) is 0 Å². The van der Waals surface area contributed by atoms with E-state index in [-0.39, 0.29) is 17.9 Å². The van der Waals surface area contributed by atoms with Crippen molar-refractivity contribution in [1.82, 2.24) is 4.98 Å². The van der Waals surface area contributed by atoms with E-state index in [9.17, 15) is 19.1 Å². The summed E-state index contributed by atoms with van der Waals surface area (Å²) in [6, 6.07) is 16.3. The zero-order valence-electron chi connectivity index (χ0n) is 20.6. The number of aromatic nitrogens is 1. The lowest BCUT2D eigenvalue weighted by Gasteiger charge is -2.28. The summed E-state index contributed by atoms with van der Waals surface area (Å²) in [6.45, 7) is 9.97. The van der Waals surface area contributed by atoms with Gasteiger partial charge in [-0.15, -0.1) is 0 Å². The maximum absolute atomic E-state index is 14.1. The molecule has 6 nitrogen and oxygen atoms in total. The minimum absolute atomic E-state index is 0.118. The number of halogens is 1. The Hall–Kier alpha value is -3.74. The SMILES string of the molecule is CC(C)CN(CC(C)C)c1cc(NC(=O)Cc2ccccc2F)cc(-c2ccccc2C(=O)O)n1. The molecule has 3 aromatic rings. The number of nitrogens with one attached hydrogen (secondary N) is 1. The van der Waals surface area contributed by atoms with Gasteiger partial charge in [0.2, 0.25) is 5.91 Å². The minimum atomic E-state index is -1.06. The van der Waals surface area contributed by atoms with Crippen LogP contribution >= 0.6 is 0 Å². The second-order valence-corrected chi connectivity index (χ2v) is 9.46. The van der Waals surface area contributed by atoms with Crippen LogP contribution in [-0.4, -0.2) is 35.1 Å². The first-order valence-corrected chi connectivity index (χ1v) is 11.8. The normalized spacial score (nSPS) is 11.1. The van der Waals surface area contributed by atoms with E-state index in [1.54, 1.807) is 48.5 Å². The van der Waals surface area contributed by atoms with Crippen molar-refractivity contribution in [3.8, 4) is 11.3 Å². The highest BCUT2D eigenvalue weighted by atomic mass is 19.1. The zero-order chi connectivity index (χ0) is 25.5. The summed E-state index contributed by atoms with van der Waals surface area (Å²) >= 11 is 0. The van der Waals surface area contributed by atoms with Crippen molar-refractivity contribution in [2.75, 3.05) is 23.3 Å². The van der Waals surface area contributed by atoms with Crippen molar-refractivity contribution in [2.24, 2.45) is 11.8 Å². The van der Waals surface area contributed by atoms with Crippen molar-refractivity contribution in [1.29, 1.82) is 0 Å². The molecule has 184 valence electrons. The summed E-state index contributed by atoms with van der Waals surface area (Å²) in [7, 11) is 0. The smallest absolute Gasteiger partial charge is 0.336 e. The van der Waals surface area contributed by atoms with Gasteiger partial charge in [-0.1, -0.05) is 64.1 Å². The average Bonchev–Trinajstić information content (AvgIpc) is 2.79. The Morgan fingerprint density at radius 2 is 1.60 bits per heavy atom. The lowest BCUT2D eigenvalue weighted by Crippen LogP contribution is -2.32. The maximum atomic E-state index is 14.1. The van der Waals surface area contributed by atoms with Gasteiger partial charge in [0, 0.05) is 30.4 Å². The van der Waals surface area contributed by atoms with E-state index in [1.165, 1.54) is 12.1 Å². The van der Waals surface area contributed by atoms with Gasteiger partial charge in [0.1, 0.15) is 11.6 Å². The Bertz CT molecular complexity index is 1180. The summed E-state index contributed by atoms with van der Waals surface area (Å²) in [5.41, 5.74) is 1.81. The maximum Gasteiger partial charge on any atom is 0.336 e. The van der Waals surface area contributed by atoms with E-state index in [1.807, 2.05) is 0 Å². The molecule has 2 N–H and O–H groups in total. The molecule has 0 unspecified atom stereocenters. The average molecular weight is 478 g/mol. The number of rotatable bonds is 10. The van der Waals surface area contributed by atoms with Crippen LogP contribution < -0.4 is 10.2 Å². The van der Waals surface area contributed by atoms with Crippen LogP contribution in [0.25, 0.3) is 11.3 Å². The van der Waals surface area contributed by atoms with Gasteiger partial charge in [0.25, 0.3) is 0 Å². The fourth-order valence-electron chi connectivity index (χ4n) is 3.94. The van der Waals surface area contributed by atoms with Crippen molar-refractivity contribution < 1.29 is 19.1 Å². The summed E-state index contributed by atoms with van der Waals surface area (Å²) in [4.78, 5) is 31.6. The van der Waals surface area contributed by atoms with Crippen LogP contribution in [0.4, 0.5) is 15.9 Å². The predicted octanol–water partition coefficient (Wildman–Crippen LogP) is 5.89. The van der Waals surface area contributed by atoms with Crippen molar-refractivity contribution >= 4 is 23.4 Å². The van der Waals surface area contributed by atoms with Gasteiger partial charge in [-0.3, -0.25) is 4.79 Å². The Morgan fingerprint density at radius 3 is 2.23 bits per heavy atom. The molecule has 2 aromatic carbocycles. The van der Waals surface area contributed by atoms with E-state index in [0.717, 1.165) is 13.1 Å². The van der Waals surface area contributed by atoms with E-state index in [4.69, 9.17) is 4.98 Å². The molecule has 1 heterocycles. The standard InChI is InChI=1S/C28H32FN3O3/c1-18(2)16-32(17-19(3)4)26-15-21(30-27(33)13-20-9-5-8-12-24(20)29)14-25(31-26)22-10-6-7-11-23(22)28(34)35/h5-12,14-15,18-19H,13,16-17H2,1-4H3,(H,34,35)(H,30,31,33). The van der Waals surface area contributed by atoms with Gasteiger partial charge >= 0.3 is 5.97 Å². The Balaban J connectivity index is 2.04. The van der Waals surface area contributed by atoms with Gasteiger partial charge in [-0.25, -0.2) is 14.2 Å². The van der Waals surface area contributed by atoms with Crippen molar-refractivity contribution in [2.45, 2.75) is 34.1 Å². The second-order valence-electron chi connectivity index (χ2n) is 9.46. The van der Waals surface area contributed by atoms with Gasteiger partial charge in [-0.05, 0) is 35.6 Å². The van der Waals surface area contributed by atoms with Crippen LogP contribution in [-0.2, 0) is 11.2 Å². The number of carbonyl (C=O) groups excluding carboxylic acids is 1. The van der Waals surface area contributed by atoms with E-state index < -0.39 is 11.8 Å². The summed E-state index contributed by atoms with van der Waals surface area (Å²) < 4.78 is 14.1. The highest BCUT2D eigenvalue weighted by Crippen LogP contribution is 2.29. The van der Waals surface area contributed by atoms with Crippen molar-refractivity contribution in [3.05, 3.63) is 77.6 Å². The molecule has 3 rings (SSSR count). The molecule has 0 atom stereocenters. The molecule has 1 amide bonds. The van der Waals surface area contributed by atoms with Crippen molar-refractivity contribution in [3.63, 3.8) is 0 Å². The van der Waals surface area contributed by atoms with Crippen LogP contribution in [0.5, 0.6) is 0 Å². The monoisotopic (exact) mass is 477 g/mol. The zero-order valence-corrected chi connectivity index (χ0v) is 20.6. The lowest BCUT2D eigenvalue weighted by atomic mass is 10.0. The minimum Gasteiger partial charge on any atom is -0.478 e. The third-order valence-electron chi connectivity index (χ3n) is 5.33. The second kappa shape index (κ2) is 11.6. The molecular formula is C28H32FN3O3. The molecule has 0 aliphatic heterocycles. The third kappa shape index (κ3) is 7.12. The third-order valence-corrected chi connectivity index (χ3v) is 5.33. The number of benzene rings is 2. The summed E-state index contributed by atoms with van der Waals surface area (Å²) in [5, 5.41) is 12.6. The molecule has 0 fully saturated rings. The molecular weight excluding hydrogens is 445 g/mol. The first-order valence-electron chi connectivity index (χ1n) is 11.8. The highest BCUT2D eigenvalue weighted by Gasteiger charge is 2.19. The van der Waals surface area contributed by atoms with E-state index in [2.05, 4.69) is 37.9 Å². The van der Waals surface area contributed by atoms with Crippen LogP contribution in [0.15, 0.2) is 60.7 Å². The molecule has 35 heavy (non-hydrogen) atoms. The number of anilines is 2. The predicted molar refractivity (Wildman–Crippen MR) is 137 cm³/mol. The number of carbonyl (C=O) groups is 2. The number of amides is 1. The van der Waals surface area contributed by atoms with Crippen LogP contribution in [0, 0.1) is 17.7 Å². The van der Waals surface area contributed by atoms with Crippen LogP contribution in [0.3, 0.4) is 0 Å². The molecule has 0 saturated heterocycles. The van der Waals surface area contributed by atoms with Gasteiger partial charge < -0.3 is 15.3 Å². The van der Waals surface area contributed by atoms with Gasteiger partial charge in [-0.2, -0.15) is 0 Å². The Kier molecular flexibility index (Phi) is 8.58. The topological polar surface area (TPSA) is 82.5 Å². The van der Waals surface area contributed by atoms with Gasteiger partial charge in [0.05, 0.1) is 17.7 Å². The number of carboxylic acid groups (broad SMARTS) is 1. The number of aromatic carboxylic acids is 1. The van der Waals surface area contributed by atoms with Crippen LogP contribution in [0.1, 0.15) is 43.6 Å². The number of pyridine rings is 1. The first-order chi connectivity index (χ1) is 16.6. The number of hydrogen-bond acceptors (Lipinski definition) is 4. The fourth-order valence-corrected chi connectivity index (χ4v) is 3.94. The Labute approximate surface area is 205 Å². The largest absolute Gasteiger partial charge is 0.478 e. The number of carboxylic acids is 1. The quantitative estimate of drug-likeness (QED) is 0.381. The fraction of sp³-hybridized carbons (Fsp3) is 0.321. The highest BCUT2D eigenvalue weighted by molar-refractivity contribution is 5.97. The molecule has 0 saturated carbocycles. The molecule has 0 spiro atoms. The molecule has 0 bridgehead atoms. The summed E-state index contributed by atoms with van der Waals surface area (Å²) in [6.07, 6.45) is -0.118. The molecule has 7 heteroatoms. The summed E-state index contributed by atoms with van der Waals surface area (Å²) in [5.74, 6) is -0.488. The molecule has 1 aromatic heterocycles. The molecule has 0 aliphatic rings. The Morgan fingerprint density at radius 1 is 0.971 bits per heavy atom. The first kappa shape index (κ1) is 25.9.